The van der Waals surface area contributed by atoms with Gasteiger partial charge in [0.05, 0.1) is 6.04 Å². The van der Waals surface area contributed by atoms with Gasteiger partial charge in [-0.05, 0) is 43.3 Å². The van der Waals surface area contributed by atoms with Crippen molar-refractivity contribution in [2.45, 2.75) is 32.2 Å². The molecule has 2 rings (SSSR count). The summed E-state index contributed by atoms with van der Waals surface area (Å²) in [6, 6.07) is 9.43. The fourth-order valence-corrected chi connectivity index (χ4v) is 2.60. The summed E-state index contributed by atoms with van der Waals surface area (Å²) in [7, 11) is 0. The SMILES string of the molecule is CC1(CNC(=O)C(N)Cc2ccccc2)CCNCC1. The van der Waals surface area contributed by atoms with Crippen LogP contribution in [0.4, 0.5) is 0 Å². The van der Waals surface area contributed by atoms with E-state index in [1.165, 1.54) is 0 Å². The average Bonchev–Trinajstić information content (AvgIpc) is 2.46. The van der Waals surface area contributed by atoms with Crippen molar-refractivity contribution >= 4 is 5.91 Å². The molecule has 4 heteroatoms. The highest BCUT2D eigenvalue weighted by atomic mass is 16.2. The number of carbonyl (C=O) groups excluding carboxylic acids is 1. The van der Waals surface area contributed by atoms with Gasteiger partial charge in [-0.2, -0.15) is 0 Å². The van der Waals surface area contributed by atoms with Gasteiger partial charge in [-0.25, -0.2) is 0 Å². The minimum absolute atomic E-state index is 0.0476. The molecule has 20 heavy (non-hydrogen) atoms. The molecule has 0 bridgehead atoms. The third-order valence-corrected chi connectivity index (χ3v) is 4.14. The maximum Gasteiger partial charge on any atom is 0.237 e. The van der Waals surface area contributed by atoms with Crippen LogP contribution in [0.25, 0.3) is 0 Å². The van der Waals surface area contributed by atoms with Crippen LogP contribution in [0.5, 0.6) is 0 Å². The van der Waals surface area contributed by atoms with Crippen molar-refractivity contribution in [1.29, 1.82) is 0 Å². The monoisotopic (exact) mass is 275 g/mol. The molecule has 0 saturated carbocycles. The second kappa shape index (κ2) is 6.86. The second-order valence-electron chi connectivity index (χ2n) is 6.07. The molecule has 0 radical (unpaired) electrons. The van der Waals surface area contributed by atoms with Crippen LogP contribution in [0.2, 0.25) is 0 Å². The molecule has 1 atom stereocenters. The first-order valence-corrected chi connectivity index (χ1v) is 7.37. The van der Waals surface area contributed by atoms with Crippen molar-refractivity contribution < 1.29 is 4.79 Å². The summed E-state index contributed by atoms with van der Waals surface area (Å²) in [6.07, 6.45) is 2.79. The van der Waals surface area contributed by atoms with E-state index in [2.05, 4.69) is 17.6 Å². The van der Waals surface area contributed by atoms with Gasteiger partial charge in [0.1, 0.15) is 0 Å². The molecule has 1 aromatic rings. The van der Waals surface area contributed by atoms with E-state index in [1.807, 2.05) is 30.3 Å². The Bertz CT molecular complexity index is 427. The molecule has 1 amide bonds. The van der Waals surface area contributed by atoms with Crippen molar-refractivity contribution in [3.05, 3.63) is 35.9 Å². The fourth-order valence-electron chi connectivity index (χ4n) is 2.60. The Morgan fingerprint density at radius 3 is 2.65 bits per heavy atom. The zero-order valence-electron chi connectivity index (χ0n) is 12.2. The molecule has 1 aliphatic rings. The van der Waals surface area contributed by atoms with Gasteiger partial charge in [-0.3, -0.25) is 4.79 Å². The van der Waals surface area contributed by atoms with Gasteiger partial charge in [0.15, 0.2) is 0 Å². The van der Waals surface area contributed by atoms with Gasteiger partial charge < -0.3 is 16.4 Å². The molecule has 4 N–H and O–H groups in total. The lowest BCUT2D eigenvalue weighted by Gasteiger charge is -2.34. The van der Waals surface area contributed by atoms with Crippen LogP contribution >= 0.6 is 0 Å². The number of rotatable bonds is 5. The van der Waals surface area contributed by atoms with Gasteiger partial charge in [0, 0.05) is 6.54 Å². The number of hydrogen-bond donors (Lipinski definition) is 3. The highest BCUT2D eigenvalue weighted by molar-refractivity contribution is 5.81. The fraction of sp³-hybridized carbons (Fsp3) is 0.562. The summed E-state index contributed by atoms with van der Waals surface area (Å²) in [6.45, 7) is 5.01. The summed E-state index contributed by atoms with van der Waals surface area (Å²) in [5.41, 5.74) is 7.29. The molecule has 4 nitrogen and oxygen atoms in total. The van der Waals surface area contributed by atoms with Crippen molar-refractivity contribution in [3.8, 4) is 0 Å². The summed E-state index contributed by atoms with van der Waals surface area (Å²) < 4.78 is 0. The highest BCUT2D eigenvalue weighted by Crippen LogP contribution is 2.26. The normalized spacial score (nSPS) is 19.3. The van der Waals surface area contributed by atoms with Gasteiger partial charge in [-0.15, -0.1) is 0 Å². The second-order valence-corrected chi connectivity index (χ2v) is 6.07. The van der Waals surface area contributed by atoms with Crippen LogP contribution in [0.15, 0.2) is 30.3 Å². The number of nitrogens with one attached hydrogen (secondary N) is 2. The number of piperidine rings is 1. The van der Waals surface area contributed by atoms with Gasteiger partial charge >= 0.3 is 0 Å². The van der Waals surface area contributed by atoms with Gasteiger partial charge in [0.25, 0.3) is 0 Å². The Balaban J connectivity index is 1.79. The lowest BCUT2D eigenvalue weighted by molar-refractivity contribution is -0.122. The van der Waals surface area contributed by atoms with Gasteiger partial charge in [-0.1, -0.05) is 37.3 Å². The molecule has 1 aliphatic heterocycles. The van der Waals surface area contributed by atoms with E-state index in [0.29, 0.717) is 6.42 Å². The summed E-state index contributed by atoms with van der Waals surface area (Å²) in [5, 5.41) is 6.37. The molecule has 1 aromatic carbocycles. The Kier molecular flexibility index (Phi) is 5.15. The number of benzene rings is 1. The predicted molar refractivity (Wildman–Crippen MR) is 81.3 cm³/mol. The first-order chi connectivity index (χ1) is 9.59. The molecule has 0 aliphatic carbocycles. The summed E-state index contributed by atoms with van der Waals surface area (Å²) >= 11 is 0. The number of carbonyl (C=O) groups is 1. The van der Waals surface area contributed by atoms with Crippen LogP contribution in [0.3, 0.4) is 0 Å². The third kappa shape index (κ3) is 4.32. The third-order valence-electron chi connectivity index (χ3n) is 4.14. The molecule has 1 fully saturated rings. The molecule has 1 heterocycles. The van der Waals surface area contributed by atoms with Gasteiger partial charge in [0.2, 0.25) is 5.91 Å². The van der Waals surface area contributed by atoms with Crippen LogP contribution < -0.4 is 16.4 Å². The predicted octanol–water partition coefficient (Wildman–Crippen LogP) is 1.06. The Hall–Kier alpha value is -1.39. The van der Waals surface area contributed by atoms with E-state index >= 15 is 0 Å². The van der Waals surface area contributed by atoms with E-state index < -0.39 is 6.04 Å². The maximum atomic E-state index is 12.1. The molecule has 110 valence electrons. The van der Waals surface area contributed by atoms with Crippen LogP contribution in [-0.4, -0.2) is 31.6 Å². The molecular weight excluding hydrogens is 250 g/mol. The first-order valence-electron chi connectivity index (χ1n) is 7.37. The molecule has 1 saturated heterocycles. The topological polar surface area (TPSA) is 67.2 Å². The average molecular weight is 275 g/mol. The number of hydrogen-bond acceptors (Lipinski definition) is 3. The van der Waals surface area contributed by atoms with Crippen LogP contribution in [0.1, 0.15) is 25.3 Å². The van der Waals surface area contributed by atoms with E-state index in [0.717, 1.165) is 38.0 Å². The Labute approximate surface area is 121 Å². The maximum absolute atomic E-state index is 12.1. The molecular formula is C16H25N3O. The summed E-state index contributed by atoms with van der Waals surface area (Å²) in [5.74, 6) is -0.0476. The number of amides is 1. The first kappa shape index (κ1) is 15.0. The highest BCUT2D eigenvalue weighted by Gasteiger charge is 2.27. The summed E-state index contributed by atoms with van der Waals surface area (Å²) in [4.78, 5) is 12.1. The lowest BCUT2D eigenvalue weighted by atomic mass is 9.81. The van der Waals surface area contributed by atoms with Crippen molar-refractivity contribution in [2.75, 3.05) is 19.6 Å². The minimum atomic E-state index is -0.470. The van der Waals surface area contributed by atoms with E-state index in [-0.39, 0.29) is 11.3 Å². The largest absolute Gasteiger partial charge is 0.354 e. The molecule has 0 spiro atoms. The Morgan fingerprint density at radius 2 is 2.00 bits per heavy atom. The lowest BCUT2D eigenvalue weighted by Crippen LogP contribution is -2.48. The Morgan fingerprint density at radius 1 is 1.35 bits per heavy atom. The molecule has 0 aromatic heterocycles. The van der Waals surface area contributed by atoms with Crippen molar-refractivity contribution in [3.63, 3.8) is 0 Å². The van der Waals surface area contributed by atoms with E-state index in [1.54, 1.807) is 0 Å². The standard InChI is InChI=1S/C16H25N3O/c1-16(7-9-18-10-8-16)12-19-15(20)14(17)11-13-5-3-2-4-6-13/h2-6,14,18H,7-12,17H2,1H3,(H,19,20). The van der Waals surface area contributed by atoms with Crippen molar-refractivity contribution in [1.82, 2.24) is 10.6 Å². The van der Waals surface area contributed by atoms with E-state index in [4.69, 9.17) is 5.73 Å². The van der Waals surface area contributed by atoms with Crippen molar-refractivity contribution in [2.24, 2.45) is 11.1 Å². The zero-order valence-corrected chi connectivity index (χ0v) is 12.2. The smallest absolute Gasteiger partial charge is 0.237 e. The number of nitrogens with two attached hydrogens (primary N) is 1. The quantitative estimate of drug-likeness (QED) is 0.753. The van der Waals surface area contributed by atoms with Crippen LogP contribution in [0, 0.1) is 5.41 Å². The molecule has 1 unspecified atom stereocenters. The van der Waals surface area contributed by atoms with E-state index in [9.17, 15) is 4.79 Å². The minimum Gasteiger partial charge on any atom is -0.354 e. The zero-order chi connectivity index (χ0) is 14.4. The van der Waals surface area contributed by atoms with Crippen LogP contribution in [-0.2, 0) is 11.2 Å².